The van der Waals surface area contributed by atoms with Gasteiger partial charge in [-0.2, -0.15) is 0 Å². The van der Waals surface area contributed by atoms with Crippen LogP contribution in [-0.2, 0) is 0 Å². The summed E-state index contributed by atoms with van der Waals surface area (Å²) in [5, 5.41) is 11.4. The van der Waals surface area contributed by atoms with Crippen molar-refractivity contribution in [2.45, 2.75) is 0 Å². The number of methoxy groups -OCH3 is 1. The van der Waals surface area contributed by atoms with Gasteiger partial charge < -0.3 is 19.0 Å². The number of fused-ring (bicyclic) bond motifs is 3. The molecule has 0 aliphatic carbocycles. The van der Waals surface area contributed by atoms with Crippen molar-refractivity contribution in [2.24, 2.45) is 0 Å². The summed E-state index contributed by atoms with van der Waals surface area (Å²) < 4.78 is 12.6. The molecule has 0 saturated carbocycles. The Bertz CT molecular complexity index is 972. The highest BCUT2D eigenvalue weighted by molar-refractivity contribution is 6.17. The first-order chi connectivity index (χ1) is 11.8. The molecule has 24 heavy (non-hydrogen) atoms. The summed E-state index contributed by atoms with van der Waals surface area (Å²) in [6, 6.07) is 22.2. The minimum Gasteiger partial charge on any atom is -0.535 e. The molecule has 0 spiro atoms. The van der Waals surface area contributed by atoms with Gasteiger partial charge in [0, 0.05) is 16.8 Å². The zero-order chi connectivity index (χ0) is 16.5. The summed E-state index contributed by atoms with van der Waals surface area (Å²) in [7, 11) is 2.23. The normalized spacial score (nSPS) is 10.9. The van der Waals surface area contributed by atoms with E-state index in [4.69, 9.17) is 14.4 Å². The second-order valence-electron chi connectivity index (χ2n) is 5.43. The predicted octanol–water partition coefficient (Wildman–Crippen LogP) is 3.70. The second-order valence-corrected chi connectivity index (χ2v) is 5.43. The van der Waals surface area contributed by atoms with E-state index in [1.165, 1.54) is 10.8 Å². The Labute approximate surface area is 140 Å². The molecular weight excluding hydrogens is 301 g/mol. The minimum atomic E-state index is 0.458. The van der Waals surface area contributed by atoms with Gasteiger partial charge in [-0.15, -0.1) is 0 Å². The largest absolute Gasteiger partial charge is 0.569 e. The molecule has 1 aromatic heterocycles. The summed E-state index contributed by atoms with van der Waals surface area (Å²) in [6.45, 7) is 0. The molecule has 3 aromatic carbocycles. The van der Waals surface area contributed by atoms with Crippen LogP contribution in [0.2, 0.25) is 0 Å². The van der Waals surface area contributed by atoms with Crippen molar-refractivity contribution < 1.29 is 14.4 Å². The van der Waals surface area contributed by atoms with Crippen molar-refractivity contribution in [3.8, 4) is 17.2 Å². The fourth-order valence-corrected chi connectivity index (χ4v) is 3.15. The highest BCUT2D eigenvalue weighted by atomic mass is 16.5. The van der Waals surface area contributed by atoms with E-state index in [1.807, 2.05) is 42.5 Å². The third kappa shape index (κ3) is 2.22. The molecule has 4 nitrogen and oxygen atoms in total. The van der Waals surface area contributed by atoms with Crippen LogP contribution in [0, 0.1) is 0 Å². The molecular formula is C19H15BNO3. The van der Waals surface area contributed by atoms with Crippen LogP contribution < -0.4 is 9.39 Å². The Morgan fingerprint density at radius 2 is 1.46 bits per heavy atom. The lowest BCUT2D eigenvalue weighted by atomic mass is 10.2. The molecule has 5 heteroatoms. The summed E-state index contributed by atoms with van der Waals surface area (Å²) in [5.74, 6) is 1.02. The van der Waals surface area contributed by atoms with Crippen LogP contribution in [0.15, 0.2) is 66.7 Å². The highest BCUT2D eigenvalue weighted by Gasteiger charge is 2.13. The lowest BCUT2D eigenvalue weighted by Gasteiger charge is -2.13. The fraction of sp³-hybridized carbons (Fsp3) is 0.0526. The van der Waals surface area contributed by atoms with Gasteiger partial charge in [-0.05, 0) is 24.3 Å². The number of ether oxygens (including phenoxy) is 1. The Kier molecular flexibility index (Phi) is 3.63. The molecule has 0 unspecified atom stereocenters. The molecule has 4 aromatic rings. The van der Waals surface area contributed by atoms with Gasteiger partial charge in [0.15, 0.2) is 5.75 Å². The number of aromatic nitrogens is 1. The van der Waals surface area contributed by atoms with Crippen molar-refractivity contribution in [1.82, 2.24) is 4.57 Å². The lowest BCUT2D eigenvalue weighted by molar-refractivity contribution is 0.381. The van der Waals surface area contributed by atoms with Gasteiger partial charge >= 0.3 is 7.69 Å². The average Bonchev–Trinajstić information content (AvgIpc) is 2.96. The summed E-state index contributed by atoms with van der Waals surface area (Å²) in [6.07, 6.45) is 0. The first-order valence-corrected chi connectivity index (χ1v) is 7.62. The summed E-state index contributed by atoms with van der Waals surface area (Å²) >= 11 is 0. The van der Waals surface area contributed by atoms with E-state index in [1.54, 1.807) is 7.11 Å². The van der Waals surface area contributed by atoms with Crippen LogP contribution in [0.4, 0.5) is 0 Å². The number of hydrogen-bond acceptors (Lipinski definition) is 3. The molecule has 0 saturated heterocycles. The van der Waals surface area contributed by atoms with Crippen molar-refractivity contribution in [2.75, 3.05) is 7.11 Å². The number of para-hydroxylation sites is 2. The second kappa shape index (κ2) is 5.94. The zero-order valence-electron chi connectivity index (χ0n) is 13.1. The van der Waals surface area contributed by atoms with Crippen molar-refractivity contribution in [3.63, 3.8) is 0 Å². The Balaban J connectivity index is 2.03. The van der Waals surface area contributed by atoms with Gasteiger partial charge in [0.25, 0.3) is 0 Å². The number of benzene rings is 3. The van der Waals surface area contributed by atoms with Crippen LogP contribution >= 0.6 is 0 Å². The molecule has 4 rings (SSSR count). The van der Waals surface area contributed by atoms with Crippen molar-refractivity contribution >= 4 is 29.5 Å². The van der Waals surface area contributed by atoms with E-state index in [0.717, 1.165) is 16.7 Å². The maximum Gasteiger partial charge on any atom is 0.569 e. The average molecular weight is 316 g/mol. The molecule has 0 fully saturated rings. The lowest BCUT2D eigenvalue weighted by Crippen LogP contribution is -2.03. The molecule has 0 aliphatic heterocycles. The number of hydrogen-bond donors (Lipinski definition) is 1. The van der Waals surface area contributed by atoms with E-state index in [-0.39, 0.29) is 0 Å². The quantitative estimate of drug-likeness (QED) is 0.584. The Hall–Kier alpha value is -2.92. The Morgan fingerprint density at radius 3 is 2.04 bits per heavy atom. The molecule has 1 radical (unpaired) electrons. The van der Waals surface area contributed by atoms with E-state index < -0.39 is 0 Å². The molecule has 1 heterocycles. The summed E-state index contributed by atoms with van der Waals surface area (Å²) in [4.78, 5) is 0. The molecule has 117 valence electrons. The van der Waals surface area contributed by atoms with Crippen LogP contribution in [-0.4, -0.2) is 24.4 Å². The SMILES string of the molecule is COc1ccc(-n2c3ccccc3c3ccccc32)cc1O[B]O. The molecule has 0 amide bonds. The fourth-order valence-electron chi connectivity index (χ4n) is 3.15. The third-order valence-electron chi connectivity index (χ3n) is 4.17. The van der Waals surface area contributed by atoms with Gasteiger partial charge in [0.05, 0.1) is 23.8 Å². The van der Waals surface area contributed by atoms with Gasteiger partial charge in [0.2, 0.25) is 0 Å². The van der Waals surface area contributed by atoms with Crippen molar-refractivity contribution in [3.05, 3.63) is 66.7 Å². The maximum atomic E-state index is 9.00. The van der Waals surface area contributed by atoms with Crippen LogP contribution in [0.25, 0.3) is 27.5 Å². The van der Waals surface area contributed by atoms with Crippen LogP contribution in [0.3, 0.4) is 0 Å². The minimum absolute atomic E-state index is 0.458. The predicted molar refractivity (Wildman–Crippen MR) is 95.9 cm³/mol. The van der Waals surface area contributed by atoms with E-state index >= 15 is 0 Å². The van der Waals surface area contributed by atoms with Gasteiger partial charge in [-0.1, -0.05) is 36.4 Å². The van der Waals surface area contributed by atoms with Gasteiger partial charge in [-0.25, -0.2) is 0 Å². The maximum absolute atomic E-state index is 9.00. The third-order valence-corrected chi connectivity index (χ3v) is 4.17. The zero-order valence-corrected chi connectivity index (χ0v) is 13.1. The number of rotatable bonds is 4. The van der Waals surface area contributed by atoms with Crippen molar-refractivity contribution in [1.29, 1.82) is 0 Å². The van der Waals surface area contributed by atoms with Crippen LogP contribution in [0.5, 0.6) is 11.5 Å². The van der Waals surface area contributed by atoms with E-state index in [2.05, 4.69) is 28.8 Å². The monoisotopic (exact) mass is 316 g/mol. The van der Waals surface area contributed by atoms with Crippen LogP contribution in [0.1, 0.15) is 0 Å². The summed E-state index contributed by atoms with van der Waals surface area (Å²) in [5.41, 5.74) is 3.16. The van der Waals surface area contributed by atoms with E-state index in [0.29, 0.717) is 19.2 Å². The topological polar surface area (TPSA) is 43.6 Å². The van der Waals surface area contributed by atoms with E-state index in [9.17, 15) is 0 Å². The highest BCUT2D eigenvalue weighted by Crippen LogP contribution is 2.35. The molecule has 1 N–H and O–H groups in total. The molecule has 0 aliphatic rings. The van der Waals surface area contributed by atoms with Gasteiger partial charge in [0.1, 0.15) is 5.75 Å². The molecule has 0 atom stereocenters. The number of nitrogens with zero attached hydrogens (tertiary/aromatic N) is 1. The Morgan fingerprint density at radius 1 is 0.833 bits per heavy atom. The first-order valence-electron chi connectivity index (χ1n) is 7.62. The first kappa shape index (κ1) is 14.7. The van der Waals surface area contributed by atoms with Gasteiger partial charge in [-0.3, -0.25) is 0 Å². The smallest absolute Gasteiger partial charge is 0.535 e. The molecule has 0 bridgehead atoms. The standard InChI is InChI=1S/C19H15BNO3/c1-23-18-11-10-13(12-19(18)24-20-22)21-16-8-4-2-6-14(16)15-7-3-5-9-17(15)21/h2-12,22H,1H3.